The summed E-state index contributed by atoms with van der Waals surface area (Å²) in [5.74, 6) is 1.55. The third-order valence-electron chi connectivity index (χ3n) is 0.961. The SMILES string of the molecule is C=CSCC(=O)NCCSC. The fraction of sp³-hybridized carbons (Fsp3) is 0.571. The van der Waals surface area contributed by atoms with Crippen LogP contribution in [0.1, 0.15) is 0 Å². The molecule has 0 saturated carbocycles. The summed E-state index contributed by atoms with van der Waals surface area (Å²) in [6.45, 7) is 4.27. The molecule has 64 valence electrons. The van der Waals surface area contributed by atoms with Crippen molar-refractivity contribution in [1.82, 2.24) is 5.32 Å². The summed E-state index contributed by atoms with van der Waals surface area (Å²) >= 11 is 3.15. The first-order valence-electron chi connectivity index (χ1n) is 3.29. The van der Waals surface area contributed by atoms with Crippen LogP contribution in [0.4, 0.5) is 0 Å². The van der Waals surface area contributed by atoms with Gasteiger partial charge in [0.15, 0.2) is 0 Å². The van der Waals surface area contributed by atoms with Crippen LogP contribution in [0.5, 0.6) is 0 Å². The predicted molar refractivity (Wildman–Crippen MR) is 54.0 cm³/mol. The highest BCUT2D eigenvalue weighted by molar-refractivity contribution is 8.02. The van der Waals surface area contributed by atoms with Gasteiger partial charge in [-0.3, -0.25) is 4.79 Å². The molecule has 0 unspecified atom stereocenters. The maximum Gasteiger partial charge on any atom is 0.230 e. The van der Waals surface area contributed by atoms with Gasteiger partial charge in [0.2, 0.25) is 5.91 Å². The largest absolute Gasteiger partial charge is 0.355 e. The highest BCUT2D eigenvalue weighted by Gasteiger charge is 1.96. The molecule has 0 bridgehead atoms. The maximum absolute atomic E-state index is 10.9. The minimum atomic E-state index is 0.0870. The van der Waals surface area contributed by atoms with Crippen molar-refractivity contribution in [2.45, 2.75) is 0 Å². The van der Waals surface area contributed by atoms with Gasteiger partial charge in [-0.1, -0.05) is 6.58 Å². The van der Waals surface area contributed by atoms with Crippen LogP contribution in [-0.2, 0) is 4.79 Å². The summed E-state index contributed by atoms with van der Waals surface area (Å²) < 4.78 is 0. The van der Waals surface area contributed by atoms with Crippen LogP contribution in [0.3, 0.4) is 0 Å². The number of nitrogens with one attached hydrogen (secondary N) is 1. The fourth-order valence-electron chi connectivity index (χ4n) is 0.478. The third-order valence-corrected chi connectivity index (χ3v) is 2.24. The first-order valence-corrected chi connectivity index (χ1v) is 5.73. The summed E-state index contributed by atoms with van der Waals surface area (Å²) in [7, 11) is 0. The highest BCUT2D eigenvalue weighted by atomic mass is 32.2. The normalized spacial score (nSPS) is 9.18. The molecule has 0 heterocycles. The molecule has 0 fully saturated rings. The van der Waals surface area contributed by atoms with Gasteiger partial charge in [0.05, 0.1) is 5.75 Å². The number of carbonyl (C=O) groups excluding carboxylic acids is 1. The minimum Gasteiger partial charge on any atom is -0.355 e. The van der Waals surface area contributed by atoms with Crippen molar-refractivity contribution in [3.05, 3.63) is 12.0 Å². The van der Waals surface area contributed by atoms with E-state index in [1.54, 1.807) is 17.2 Å². The second kappa shape index (κ2) is 8.01. The molecule has 0 saturated heterocycles. The standard InChI is InChI=1S/C7H13NOS2/c1-3-11-6-7(9)8-4-5-10-2/h3H,1,4-6H2,2H3,(H,8,9). The van der Waals surface area contributed by atoms with Crippen molar-refractivity contribution in [3.8, 4) is 0 Å². The van der Waals surface area contributed by atoms with Gasteiger partial charge in [0.25, 0.3) is 0 Å². The molecular weight excluding hydrogens is 178 g/mol. The third kappa shape index (κ3) is 7.81. The van der Waals surface area contributed by atoms with Gasteiger partial charge >= 0.3 is 0 Å². The Hall–Kier alpha value is -0.0900. The fourth-order valence-corrected chi connectivity index (χ4v) is 1.16. The van der Waals surface area contributed by atoms with E-state index in [4.69, 9.17) is 0 Å². The number of hydrogen-bond acceptors (Lipinski definition) is 3. The molecule has 0 spiro atoms. The first-order chi connectivity index (χ1) is 5.31. The van der Waals surface area contributed by atoms with E-state index >= 15 is 0 Å². The van der Waals surface area contributed by atoms with Crippen LogP contribution >= 0.6 is 23.5 Å². The van der Waals surface area contributed by atoms with E-state index in [0.29, 0.717) is 5.75 Å². The Morgan fingerprint density at radius 2 is 2.45 bits per heavy atom. The molecule has 0 aromatic rings. The Kier molecular flexibility index (Phi) is 7.95. The summed E-state index contributed by atoms with van der Waals surface area (Å²) in [6, 6.07) is 0. The minimum absolute atomic E-state index is 0.0870. The van der Waals surface area contributed by atoms with Crippen molar-refractivity contribution in [2.24, 2.45) is 0 Å². The van der Waals surface area contributed by atoms with Crippen molar-refractivity contribution >= 4 is 29.4 Å². The lowest BCUT2D eigenvalue weighted by Gasteiger charge is -2.00. The van der Waals surface area contributed by atoms with E-state index < -0.39 is 0 Å². The summed E-state index contributed by atoms with van der Waals surface area (Å²) in [4.78, 5) is 10.9. The molecule has 0 aromatic heterocycles. The average molecular weight is 191 g/mol. The molecule has 11 heavy (non-hydrogen) atoms. The van der Waals surface area contributed by atoms with Gasteiger partial charge in [-0.15, -0.1) is 11.8 Å². The zero-order valence-corrected chi connectivity index (χ0v) is 8.26. The molecule has 2 nitrogen and oxygen atoms in total. The Labute approximate surface area is 76.2 Å². The van der Waals surface area contributed by atoms with Crippen LogP contribution in [-0.4, -0.2) is 30.2 Å². The van der Waals surface area contributed by atoms with E-state index in [-0.39, 0.29) is 5.91 Å². The molecule has 0 rings (SSSR count). The zero-order valence-electron chi connectivity index (χ0n) is 6.63. The molecule has 1 amide bonds. The van der Waals surface area contributed by atoms with Gasteiger partial charge in [0, 0.05) is 12.3 Å². The summed E-state index contributed by atoms with van der Waals surface area (Å²) in [6.07, 6.45) is 2.02. The van der Waals surface area contributed by atoms with Gasteiger partial charge in [0.1, 0.15) is 0 Å². The average Bonchev–Trinajstić information content (AvgIpc) is 2.01. The molecule has 0 atom stereocenters. The Morgan fingerprint density at radius 1 is 1.73 bits per heavy atom. The van der Waals surface area contributed by atoms with E-state index in [1.807, 2.05) is 6.26 Å². The van der Waals surface area contributed by atoms with Gasteiger partial charge in [-0.2, -0.15) is 11.8 Å². The lowest BCUT2D eigenvalue weighted by molar-refractivity contribution is -0.118. The zero-order chi connectivity index (χ0) is 8.53. The van der Waals surface area contributed by atoms with E-state index in [0.717, 1.165) is 12.3 Å². The van der Waals surface area contributed by atoms with Crippen molar-refractivity contribution in [3.63, 3.8) is 0 Å². The smallest absolute Gasteiger partial charge is 0.230 e. The highest BCUT2D eigenvalue weighted by Crippen LogP contribution is 1.97. The van der Waals surface area contributed by atoms with E-state index in [1.165, 1.54) is 11.8 Å². The Balaban J connectivity index is 3.15. The number of rotatable bonds is 6. The van der Waals surface area contributed by atoms with Crippen LogP contribution in [0.15, 0.2) is 12.0 Å². The van der Waals surface area contributed by atoms with Gasteiger partial charge in [-0.05, 0) is 11.7 Å². The number of carbonyl (C=O) groups is 1. The van der Waals surface area contributed by atoms with Crippen molar-refractivity contribution in [1.29, 1.82) is 0 Å². The molecule has 0 aliphatic carbocycles. The first kappa shape index (κ1) is 10.9. The van der Waals surface area contributed by atoms with Crippen molar-refractivity contribution in [2.75, 3.05) is 24.3 Å². The molecule has 0 aromatic carbocycles. The van der Waals surface area contributed by atoms with E-state index in [9.17, 15) is 4.79 Å². The predicted octanol–water partition coefficient (Wildman–Crippen LogP) is 1.34. The van der Waals surface area contributed by atoms with Crippen LogP contribution in [0.25, 0.3) is 0 Å². The van der Waals surface area contributed by atoms with Crippen LogP contribution < -0.4 is 5.32 Å². The molecule has 0 aliphatic heterocycles. The molecule has 1 N–H and O–H groups in total. The molecule has 4 heteroatoms. The van der Waals surface area contributed by atoms with Crippen LogP contribution in [0, 0.1) is 0 Å². The van der Waals surface area contributed by atoms with Gasteiger partial charge in [-0.25, -0.2) is 0 Å². The monoisotopic (exact) mass is 191 g/mol. The van der Waals surface area contributed by atoms with E-state index in [2.05, 4.69) is 11.9 Å². The number of hydrogen-bond donors (Lipinski definition) is 1. The summed E-state index contributed by atoms with van der Waals surface area (Å²) in [5.41, 5.74) is 0. The topological polar surface area (TPSA) is 29.1 Å². The van der Waals surface area contributed by atoms with Gasteiger partial charge < -0.3 is 5.32 Å². The van der Waals surface area contributed by atoms with Crippen molar-refractivity contribution < 1.29 is 4.79 Å². The summed E-state index contributed by atoms with van der Waals surface area (Å²) in [5, 5.41) is 4.46. The molecule has 0 aliphatic rings. The maximum atomic E-state index is 10.9. The lowest BCUT2D eigenvalue weighted by Crippen LogP contribution is -2.27. The molecular formula is C7H13NOS2. The number of amides is 1. The Morgan fingerprint density at radius 3 is 3.00 bits per heavy atom. The lowest BCUT2D eigenvalue weighted by atomic mass is 10.6. The quantitative estimate of drug-likeness (QED) is 0.642. The number of thioether (sulfide) groups is 2. The van der Waals surface area contributed by atoms with Crippen LogP contribution in [0.2, 0.25) is 0 Å². The second-order valence-electron chi connectivity index (χ2n) is 1.82. The Bertz CT molecular complexity index is 128. The second-order valence-corrected chi connectivity index (χ2v) is 3.76. The molecule has 0 radical (unpaired) electrons.